The van der Waals surface area contributed by atoms with Gasteiger partial charge in [0.15, 0.2) is 0 Å². The van der Waals surface area contributed by atoms with E-state index in [-0.39, 0.29) is 5.54 Å². The summed E-state index contributed by atoms with van der Waals surface area (Å²) >= 11 is 0. The molecule has 0 radical (unpaired) electrons. The van der Waals surface area contributed by atoms with E-state index in [2.05, 4.69) is 23.9 Å². The second-order valence-electron chi connectivity index (χ2n) is 6.04. The highest BCUT2D eigenvalue weighted by atomic mass is 15.2. The van der Waals surface area contributed by atoms with E-state index < -0.39 is 0 Å². The molecular weight excluding hydrogens is 198 g/mol. The van der Waals surface area contributed by atoms with Crippen molar-refractivity contribution in [3.63, 3.8) is 0 Å². The molecule has 0 aromatic carbocycles. The molecule has 3 nitrogen and oxygen atoms in total. The summed E-state index contributed by atoms with van der Waals surface area (Å²) in [5.41, 5.74) is 6.56. The molecule has 1 saturated heterocycles. The molecule has 0 bridgehead atoms. The molecule has 16 heavy (non-hydrogen) atoms. The lowest BCUT2D eigenvalue weighted by Gasteiger charge is -2.39. The van der Waals surface area contributed by atoms with Crippen molar-refractivity contribution in [1.29, 1.82) is 0 Å². The van der Waals surface area contributed by atoms with Gasteiger partial charge in [-0.05, 0) is 46.3 Å². The van der Waals surface area contributed by atoms with Crippen LogP contribution >= 0.6 is 0 Å². The van der Waals surface area contributed by atoms with Gasteiger partial charge >= 0.3 is 0 Å². The average molecular weight is 225 g/mol. The first-order valence-electron chi connectivity index (χ1n) is 6.77. The maximum absolute atomic E-state index is 6.45. The Morgan fingerprint density at radius 3 is 2.62 bits per heavy atom. The Kier molecular flexibility index (Phi) is 3.88. The standard InChI is InChI=1S/C13H27N3/c1-15-9-5-6-12(10-15)16(2)11-13(14)7-3-4-8-13/h12H,3-11,14H2,1-2H3. The second-order valence-corrected chi connectivity index (χ2v) is 6.04. The summed E-state index contributed by atoms with van der Waals surface area (Å²) in [6.45, 7) is 3.57. The molecule has 1 atom stereocenters. The zero-order valence-corrected chi connectivity index (χ0v) is 10.9. The molecule has 2 rings (SSSR count). The second kappa shape index (κ2) is 5.03. The van der Waals surface area contributed by atoms with E-state index in [4.69, 9.17) is 5.73 Å². The van der Waals surface area contributed by atoms with Crippen molar-refractivity contribution >= 4 is 0 Å². The van der Waals surface area contributed by atoms with Crippen LogP contribution in [0.1, 0.15) is 38.5 Å². The smallest absolute Gasteiger partial charge is 0.0283 e. The zero-order chi connectivity index (χ0) is 11.6. The molecule has 1 aliphatic carbocycles. The number of hydrogen-bond donors (Lipinski definition) is 1. The molecule has 2 N–H and O–H groups in total. The van der Waals surface area contributed by atoms with Crippen LogP contribution in [-0.2, 0) is 0 Å². The van der Waals surface area contributed by atoms with Crippen molar-refractivity contribution in [2.45, 2.75) is 50.1 Å². The van der Waals surface area contributed by atoms with Crippen LogP contribution in [0.15, 0.2) is 0 Å². The van der Waals surface area contributed by atoms with Gasteiger partial charge in [-0.3, -0.25) is 0 Å². The number of piperidine rings is 1. The number of likely N-dealkylation sites (N-methyl/N-ethyl adjacent to an activating group) is 2. The van der Waals surface area contributed by atoms with Gasteiger partial charge in [-0.2, -0.15) is 0 Å². The lowest BCUT2D eigenvalue weighted by atomic mass is 9.96. The van der Waals surface area contributed by atoms with Gasteiger partial charge in [-0.1, -0.05) is 12.8 Å². The number of nitrogens with two attached hydrogens (primary N) is 1. The van der Waals surface area contributed by atoms with E-state index in [1.54, 1.807) is 0 Å². The summed E-state index contributed by atoms with van der Waals surface area (Å²) in [7, 11) is 4.49. The van der Waals surface area contributed by atoms with Gasteiger partial charge in [0.1, 0.15) is 0 Å². The third-order valence-electron chi connectivity index (χ3n) is 4.39. The molecule has 0 amide bonds. The Hall–Kier alpha value is -0.120. The molecule has 0 aromatic heterocycles. The summed E-state index contributed by atoms with van der Waals surface area (Å²) in [4.78, 5) is 4.96. The van der Waals surface area contributed by atoms with Gasteiger partial charge in [-0.15, -0.1) is 0 Å². The maximum atomic E-state index is 6.45. The van der Waals surface area contributed by atoms with Gasteiger partial charge in [0, 0.05) is 24.7 Å². The van der Waals surface area contributed by atoms with E-state index in [0.29, 0.717) is 0 Å². The fraction of sp³-hybridized carbons (Fsp3) is 1.00. The first kappa shape index (κ1) is 12.3. The summed E-state index contributed by atoms with van der Waals surface area (Å²) in [5, 5.41) is 0. The Bertz CT molecular complexity index is 223. The van der Waals surface area contributed by atoms with Gasteiger partial charge in [-0.25, -0.2) is 0 Å². The monoisotopic (exact) mass is 225 g/mol. The molecule has 94 valence electrons. The fourth-order valence-electron chi connectivity index (χ4n) is 3.36. The summed E-state index contributed by atoms with van der Waals surface area (Å²) < 4.78 is 0. The molecule has 2 fully saturated rings. The van der Waals surface area contributed by atoms with Crippen molar-refractivity contribution in [1.82, 2.24) is 9.80 Å². The Morgan fingerprint density at radius 1 is 1.31 bits per heavy atom. The predicted octanol–water partition coefficient (Wildman–Crippen LogP) is 1.28. The predicted molar refractivity (Wildman–Crippen MR) is 68.5 cm³/mol. The Labute approximate surface area is 100.0 Å². The molecule has 1 saturated carbocycles. The van der Waals surface area contributed by atoms with Crippen molar-refractivity contribution in [2.24, 2.45) is 5.73 Å². The van der Waals surface area contributed by atoms with E-state index in [1.165, 1.54) is 51.6 Å². The number of rotatable bonds is 3. The van der Waals surface area contributed by atoms with Crippen molar-refractivity contribution < 1.29 is 0 Å². The molecule has 1 heterocycles. The molecule has 1 aliphatic heterocycles. The van der Waals surface area contributed by atoms with E-state index in [9.17, 15) is 0 Å². The van der Waals surface area contributed by atoms with Crippen molar-refractivity contribution in [3.05, 3.63) is 0 Å². The quantitative estimate of drug-likeness (QED) is 0.785. The number of nitrogens with zero attached hydrogens (tertiary/aromatic N) is 2. The number of hydrogen-bond acceptors (Lipinski definition) is 3. The lowest BCUT2D eigenvalue weighted by molar-refractivity contribution is 0.113. The average Bonchev–Trinajstić information content (AvgIpc) is 2.65. The van der Waals surface area contributed by atoms with Gasteiger partial charge in [0.05, 0.1) is 0 Å². The summed E-state index contributed by atoms with van der Waals surface area (Å²) in [6, 6.07) is 0.722. The van der Waals surface area contributed by atoms with Crippen molar-refractivity contribution in [2.75, 3.05) is 33.7 Å². The van der Waals surface area contributed by atoms with Crippen LogP contribution in [0.25, 0.3) is 0 Å². The maximum Gasteiger partial charge on any atom is 0.0283 e. The van der Waals surface area contributed by atoms with Crippen LogP contribution in [0.5, 0.6) is 0 Å². The van der Waals surface area contributed by atoms with Crippen LogP contribution in [0.3, 0.4) is 0 Å². The van der Waals surface area contributed by atoms with Gasteiger partial charge in [0.2, 0.25) is 0 Å². The SMILES string of the molecule is CN1CCCC(N(C)CC2(N)CCCC2)C1. The minimum Gasteiger partial charge on any atom is -0.324 e. The largest absolute Gasteiger partial charge is 0.324 e. The Balaban J connectivity index is 1.84. The van der Waals surface area contributed by atoms with Gasteiger partial charge < -0.3 is 15.5 Å². The first-order chi connectivity index (χ1) is 7.59. The third-order valence-corrected chi connectivity index (χ3v) is 4.39. The van der Waals surface area contributed by atoms with E-state index in [0.717, 1.165) is 12.6 Å². The Morgan fingerprint density at radius 2 is 2.00 bits per heavy atom. The van der Waals surface area contributed by atoms with Gasteiger partial charge in [0.25, 0.3) is 0 Å². The van der Waals surface area contributed by atoms with Crippen LogP contribution in [0, 0.1) is 0 Å². The van der Waals surface area contributed by atoms with Crippen LogP contribution < -0.4 is 5.73 Å². The van der Waals surface area contributed by atoms with Crippen LogP contribution in [-0.4, -0.2) is 55.1 Å². The summed E-state index contributed by atoms with van der Waals surface area (Å²) in [5.74, 6) is 0. The van der Waals surface area contributed by atoms with Crippen LogP contribution in [0.2, 0.25) is 0 Å². The molecule has 2 aliphatic rings. The number of likely N-dealkylation sites (tertiary alicyclic amines) is 1. The summed E-state index contributed by atoms with van der Waals surface area (Å²) in [6.07, 6.45) is 7.78. The molecule has 0 spiro atoms. The van der Waals surface area contributed by atoms with E-state index in [1.807, 2.05) is 0 Å². The fourth-order valence-corrected chi connectivity index (χ4v) is 3.36. The lowest BCUT2D eigenvalue weighted by Crippen LogP contribution is -2.53. The minimum absolute atomic E-state index is 0.116. The highest BCUT2D eigenvalue weighted by Crippen LogP contribution is 2.28. The topological polar surface area (TPSA) is 32.5 Å². The third kappa shape index (κ3) is 2.96. The van der Waals surface area contributed by atoms with Crippen LogP contribution in [0.4, 0.5) is 0 Å². The first-order valence-corrected chi connectivity index (χ1v) is 6.77. The normalized spacial score (nSPS) is 31.1. The highest BCUT2D eigenvalue weighted by molar-refractivity contribution is 4.93. The molecular formula is C13H27N3. The zero-order valence-electron chi connectivity index (χ0n) is 10.9. The van der Waals surface area contributed by atoms with E-state index >= 15 is 0 Å². The highest BCUT2D eigenvalue weighted by Gasteiger charge is 2.32. The minimum atomic E-state index is 0.116. The molecule has 0 aromatic rings. The molecule has 1 unspecified atom stereocenters. The molecule has 3 heteroatoms. The van der Waals surface area contributed by atoms with Crippen molar-refractivity contribution in [3.8, 4) is 0 Å².